The molecule has 108 valence electrons. The first-order valence-electron chi connectivity index (χ1n) is 7.61. The largest absolute Gasteiger partial charge is 0.0683 e. The van der Waals surface area contributed by atoms with Crippen LogP contribution in [0.1, 0.15) is 52.8 Å². The minimum atomic E-state index is 1.04. The molecular weight excluding hydrogens is 240 g/mol. The van der Waals surface area contributed by atoms with E-state index in [0.717, 1.165) is 6.42 Å². The second kappa shape index (κ2) is 7.28. The molecule has 2 aromatic rings. The minimum absolute atomic E-state index is 1.04. The highest BCUT2D eigenvalue weighted by molar-refractivity contribution is 5.45. The van der Waals surface area contributed by atoms with Gasteiger partial charge >= 0.3 is 0 Å². The molecule has 2 aromatic carbocycles. The predicted octanol–water partition coefficient (Wildman–Crippen LogP) is 5.85. The van der Waals surface area contributed by atoms with Crippen molar-refractivity contribution in [3.05, 3.63) is 69.3 Å². The maximum Gasteiger partial charge on any atom is -0.00229 e. The van der Waals surface area contributed by atoms with Gasteiger partial charge in [-0.05, 0) is 74.4 Å². The van der Waals surface area contributed by atoms with Gasteiger partial charge in [-0.3, -0.25) is 0 Å². The molecule has 0 heteroatoms. The number of hydrogen-bond donors (Lipinski definition) is 0. The highest BCUT2D eigenvalue weighted by Crippen LogP contribution is 2.23. The average molecular weight is 268 g/mol. The summed E-state index contributed by atoms with van der Waals surface area (Å²) < 4.78 is 0. The van der Waals surface area contributed by atoms with E-state index in [0.29, 0.717) is 0 Å². The molecule has 0 aromatic heterocycles. The zero-order valence-corrected chi connectivity index (χ0v) is 14.1. The normalized spacial score (nSPS) is 9.95. The van der Waals surface area contributed by atoms with Crippen LogP contribution in [-0.2, 0) is 6.42 Å². The van der Waals surface area contributed by atoms with Crippen molar-refractivity contribution in [3.63, 3.8) is 0 Å². The van der Waals surface area contributed by atoms with Gasteiger partial charge in [-0.2, -0.15) is 0 Å². The third-order valence-electron chi connectivity index (χ3n) is 4.10. The van der Waals surface area contributed by atoms with Crippen molar-refractivity contribution in [1.82, 2.24) is 0 Å². The molecule has 0 bridgehead atoms. The lowest BCUT2D eigenvalue weighted by molar-refractivity contribution is 1.10. The molecule has 0 unspecified atom stereocenters. The van der Waals surface area contributed by atoms with Crippen LogP contribution in [0.25, 0.3) is 0 Å². The van der Waals surface area contributed by atoms with Crippen LogP contribution in [-0.4, -0.2) is 0 Å². The van der Waals surface area contributed by atoms with Gasteiger partial charge in [-0.25, -0.2) is 0 Å². The molecule has 0 radical (unpaired) electrons. The maximum atomic E-state index is 2.34. The first kappa shape index (κ1) is 16.5. The van der Waals surface area contributed by atoms with Gasteiger partial charge < -0.3 is 0 Å². The summed E-state index contributed by atoms with van der Waals surface area (Å²) in [6.07, 6.45) is 1.04. The van der Waals surface area contributed by atoms with Crippen LogP contribution in [0, 0.1) is 34.6 Å². The molecule has 0 atom stereocenters. The van der Waals surface area contributed by atoms with Gasteiger partial charge in [-0.1, -0.05) is 49.7 Å². The second-order valence-electron chi connectivity index (χ2n) is 5.39. The van der Waals surface area contributed by atoms with E-state index in [9.17, 15) is 0 Å². The van der Waals surface area contributed by atoms with Gasteiger partial charge in [0.05, 0.1) is 0 Å². The summed E-state index contributed by atoms with van der Waals surface area (Å²) in [6, 6.07) is 11.2. The summed E-state index contributed by atoms with van der Waals surface area (Å²) in [5.41, 5.74) is 9.90. The van der Waals surface area contributed by atoms with Crippen molar-refractivity contribution in [1.29, 1.82) is 0 Å². The van der Waals surface area contributed by atoms with Gasteiger partial charge in [0, 0.05) is 0 Å². The standard InChI is InChI=1S/C18H22.C2H6/c1-12-6-8-17(9-7-12)11-18-10-13(2)14(3)15(4)16(18)5;1-2/h6-10H,11H2,1-5H3;1-2H3. The van der Waals surface area contributed by atoms with Crippen LogP contribution >= 0.6 is 0 Å². The average Bonchev–Trinajstić information content (AvgIpc) is 2.47. The fourth-order valence-corrected chi connectivity index (χ4v) is 2.41. The fraction of sp³-hybridized carbons (Fsp3) is 0.400. The molecule has 2 rings (SSSR count). The van der Waals surface area contributed by atoms with Gasteiger partial charge in [0.25, 0.3) is 0 Å². The summed E-state index contributed by atoms with van der Waals surface area (Å²) in [6.45, 7) is 15.0. The molecule has 0 amide bonds. The van der Waals surface area contributed by atoms with Crippen molar-refractivity contribution < 1.29 is 0 Å². The van der Waals surface area contributed by atoms with Gasteiger partial charge in [0.2, 0.25) is 0 Å². The van der Waals surface area contributed by atoms with Crippen LogP contribution in [0.15, 0.2) is 30.3 Å². The third-order valence-corrected chi connectivity index (χ3v) is 4.10. The van der Waals surface area contributed by atoms with E-state index >= 15 is 0 Å². The maximum absolute atomic E-state index is 2.34. The zero-order chi connectivity index (χ0) is 15.3. The molecule has 0 aliphatic carbocycles. The first-order valence-corrected chi connectivity index (χ1v) is 7.61. The van der Waals surface area contributed by atoms with Crippen LogP contribution < -0.4 is 0 Å². The van der Waals surface area contributed by atoms with E-state index in [4.69, 9.17) is 0 Å². The summed E-state index contributed by atoms with van der Waals surface area (Å²) >= 11 is 0. The molecule has 0 nitrogen and oxygen atoms in total. The molecule has 0 N–H and O–H groups in total. The lowest BCUT2D eigenvalue weighted by Crippen LogP contribution is -1.99. The van der Waals surface area contributed by atoms with Crippen molar-refractivity contribution in [3.8, 4) is 0 Å². The van der Waals surface area contributed by atoms with E-state index < -0.39 is 0 Å². The Labute approximate surface area is 124 Å². The van der Waals surface area contributed by atoms with Crippen LogP contribution in [0.2, 0.25) is 0 Å². The lowest BCUT2D eigenvalue weighted by Gasteiger charge is -2.14. The molecule has 0 spiro atoms. The topological polar surface area (TPSA) is 0 Å². The predicted molar refractivity (Wildman–Crippen MR) is 90.7 cm³/mol. The number of aryl methyl sites for hydroxylation is 2. The number of benzene rings is 2. The van der Waals surface area contributed by atoms with Gasteiger partial charge in [0.1, 0.15) is 0 Å². The van der Waals surface area contributed by atoms with E-state index in [1.807, 2.05) is 13.8 Å². The molecule has 0 saturated heterocycles. The van der Waals surface area contributed by atoms with Crippen LogP contribution in [0.3, 0.4) is 0 Å². The Morgan fingerprint density at radius 2 is 1.25 bits per heavy atom. The smallest absolute Gasteiger partial charge is 0.00229 e. The first-order chi connectivity index (χ1) is 9.49. The molecule has 0 aliphatic rings. The molecule has 0 fully saturated rings. The lowest BCUT2D eigenvalue weighted by atomic mass is 9.91. The quantitative estimate of drug-likeness (QED) is 0.641. The zero-order valence-electron chi connectivity index (χ0n) is 14.1. The summed E-state index contributed by atoms with van der Waals surface area (Å²) in [4.78, 5) is 0. The molecular formula is C20H28. The Balaban J connectivity index is 0.000000956. The Hall–Kier alpha value is -1.56. The Kier molecular flexibility index (Phi) is 6.01. The SMILES string of the molecule is CC.Cc1ccc(Cc2cc(C)c(C)c(C)c2C)cc1. The Morgan fingerprint density at radius 3 is 1.80 bits per heavy atom. The Bertz CT molecular complexity index is 560. The number of hydrogen-bond acceptors (Lipinski definition) is 0. The van der Waals surface area contributed by atoms with Crippen LogP contribution in [0.4, 0.5) is 0 Å². The van der Waals surface area contributed by atoms with E-state index in [2.05, 4.69) is 65.0 Å². The van der Waals surface area contributed by atoms with Gasteiger partial charge in [-0.15, -0.1) is 0 Å². The van der Waals surface area contributed by atoms with Crippen molar-refractivity contribution >= 4 is 0 Å². The fourth-order valence-electron chi connectivity index (χ4n) is 2.41. The molecule has 0 saturated carbocycles. The van der Waals surface area contributed by atoms with Crippen molar-refractivity contribution in [2.24, 2.45) is 0 Å². The second-order valence-corrected chi connectivity index (χ2v) is 5.39. The monoisotopic (exact) mass is 268 g/mol. The van der Waals surface area contributed by atoms with Crippen molar-refractivity contribution in [2.75, 3.05) is 0 Å². The minimum Gasteiger partial charge on any atom is -0.0683 e. The van der Waals surface area contributed by atoms with E-state index in [-0.39, 0.29) is 0 Å². The van der Waals surface area contributed by atoms with E-state index in [1.165, 1.54) is 38.9 Å². The third kappa shape index (κ3) is 3.72. The highest BCUT2D eigenvalue weighted by atomic mass is 14.1. The highest BCUT2D eigenvalue weighted by Gasteiger charge is 2.07. The van der Waals surface area contributed by atoms with Crippen molar-refractivity contribution in [2.45, 2.75) is 54.9 Å². The molecule has 0 heterocycles. The Morgan fingerprint density at radius 1 is 0.700 bits per heavy atom. The molecule has 0 aliphatic heterocycles. The van der Waals surface area contributed by atoms with Gasteiger partial charge in [0.15, 0.2) is 0 Å². The summed E-state index contributed by atoms with van der Waals surface area (Å²) in [5.74, 6) is 0. The van der Waals surface area contributed by atoms with Crippen LogP contribution in [0.5, 0.6) is 0 Å². The number of rotatable bonds is 2. The summed E-state index contributed by atoms with van der Waals surface area (Å²) in [7, 11) is 0. The summed E-state index contributed by atoms with van der Waals surface area (Å²) in [5, 5.41) is 0. The molecule has 20 heavy (non-hydrogen) atoms. The van der Waals surface area contributed by atoms with E-state index in [1.54, 1.807) is 0 Å².